The summed E-state index contributed by atoms with van der Waals surface area (Å²) in [6.07, 6.45) is 0. The predicted molar refractivity (Wildman–Crippen MR) is 95.6 cm³/mol. The number of aromatic nitrogens is 2. The molecule has 128 valence electrons. The number of hydrogen-bond acceptors (Lipinski definition) is 4. The smallest absolute Gasteiger partial charge is 0.273 e. The topological polar surface area (TPSA) is 87.2 Å². The summed E-state index contributed by atoms with van der Waals surface area (Å²) < 4.78 is 5.13. The number of aliphatic hydroxyl groups excluding tert-OH is 1. The van der Waals surface area contributed by atoms with Crippen molar-refractivity contribution in [3.63, 3.8) is 0 Å². The van der Waals surface area contributed by atoms with Gasteiger partial charge in [0.25, 0.3) is 5.91 Å². The number of nitrogens with one attached hydrogen (secondary N) is 2. The average molecular weight is 337 g/mol. The molecule has 25 heavy (non-hydrogen) atoms. The van der Waals surface area contributed by atoms with E-state index < -0.39 is 0 Å². The van der Waals surface area contributed by atoms with Crippen LogP contribution in [0.25, 0.3) is 11.3 Å². The molecule has 0 saturated carbocycles. The van der Waals surface area contributed by atoms with Crippen molar-refractivity contribution in [1.29, 1.82) is 0 Å². The van der Waals surface area contributed by atoms with Crippen molar-refractivity contribution < 1.29 is 14.6 Å². The average Bonchev–Trinajstić information content (AvgIpc) is 3.14. The van der Waals surface area contributed by atoms with Crippen molar-refractivity contribution in [2.75, 3.05) is 12.4 Å². The molecule has 0 aliphatic rings. The van der Waals surface area contributed by atoms with Gasteiger partial charge in [-0.3, -0.25) is 9.89 Å². The number of benzene rings is 2. The third-order valence-corrected chi connectivity index (χ3v) is 3.94. The first-order chi connectivity index (χ1) is 12.1. The van der Waals surface area contributed by atoms with Crippen LogP contribution in [0.1, 0.15) is 21.6 Å². The van der Waals surface area contributed by atoms with Crippen LogP contribution in [0.3, 0.4) is 0 Å². The molecular weight excluding hydrogens is 318 g/mol. The van der Waals surface area contributed by atoms with Crippen molar-refractivity contribution in [2.24, 2.45) is 0 Å². The van der Waals surface area contributed by atoms with Crippen LogP contribution < -0.4 is 10.1 Å². The summed E-state index contributed by atoms with van der Waals surface area (Å²) in [6.45, 7) is 1.82. The molecular formula is C19H19N3O3. The van der Waals surface area contributed by atoms with Crippen LogP contribution in [0.5, 0.6) is 5.75 Å². The molecule has 6 nitrogen and oxygen atoms in total. The van der Waals surface area contributed by atoms with Gasteiger partial charge in [0.2, 0.25) is 0 Å². The van der Waals surface area contributed by atoms with E-state index >= 15 is 0 Å². The molecule has 6 heteroatoms. The number of ether oxygens (including phenoxy) is 1. The molecule has 0 radical (unpaired) electrons. The van der Waals surface area contributed by atoms with Crippen molar-refractivity contribution >= 4 is 11.6 Å². The number of carbonyl (C=O) groups is 1. The Hall–Kier alpha value is -3.12. The van der Waals surface area contributed by atoms with Crippen LogP contribution in [0.2, 0.25) is 0 Å². The zero-order chi connectivity index (χ0) is 17.8. The summed E-state index contributed by atoms with van der Waals surface area (Å²) >= 11 is 0. The van der Waals surface area contributed by atoms with Crippen molar-refractivity contribution in [2.45, 2.75) is 13.5 Å². The predicted octanol–water partition coefficient (Wildman–Crippen LogP) is 3.14. The van der Waals surface area contributed by atoms with Gasteiger partial charge in [-0.25, -0.2) is 0 Å². The lowest BCUT2D eigenvalue weighted by molar-refractivity contribution is 0.102. The molecule has 3 aromatic rings. The van der Waals surface area contributed by atoms with E-state index in [0.717, 1.165) is 22.4 Å². The van der Waals surface area contributed by atoms with Crippen molar-refractivity contribution in [3.05, 3.63) is 65.4 Å². The van der Waals surface area contributed by atoms with Gasteiger partial charge in [0.05, 0.1) is 19.4 Å². The number of aliphatic hydroxyl groups is 1. The number of aromatic amines is 1. The molecule has 0 saturated heterocycles. The van der Waals surface area contributed by atoms with E-state index in [1.165, 1.54) is 0 Å². The van der Waals surface area contributed by atoms with Crippen LogP contribution >= 0.6 is 0 Å². The maximum absolute atomic E-state index is 12.4. The van der Waals surface area contributed by atoms with E-state index in [-0.39, 0.29) is 12.5 Å². The van der Waals surface area contributed by atoms with Gasteiger partial charge < -0.3 is 15.2 Å². The van der Waals surface area contributed by atoms with Gasteiger partial charge in [0, 0.05) is 11.3 Å². The highest BCUT2D eigenvalue weighted by atomic mass is 16.5. The number of methoxy groups -OCH3 is 1. The Morgan fingerprint density at radius 2 is 1.96 bits per heavy atom. The molecule has 0 aliphatic heterocycles. The van der Waals surface area contributed by atoms with Crippen molar-refractivity contribution in [3.8, 4) is 17.0 Å². The first kappa shape index (κ1) is 16.7. The first-order valence-corrected chi connectivity index (χ1v) is 7.82. The molecule has 0 fully saturated rings. The van der Waals surface area contributed by atoms with Crippen LogP contribution in [-0.2, 0) is 6.61 Å². The van der Waals surface area contributed by atoms with E-state index in [0.29, 0.717) is 17.1 Å². The Kier molecular flexibility index (Phi) is 4.81. The highest BCUT2D eigenvalue weighted by molar-refractivity contribution is 6.03. The number of rotatable bonds is 5. The second-order valence-corrected chi connectivity index (χ2v) is 5.66. The Labute approximate surface area is 145 Å². The summed E-state index contributed by atoms with van der Waals surface area (Å²) in [7, 11) is 1.61. The molecule has 3 N–H and O–H groups in total. The minimum atomic E-state index is -0.287. The zero-order valence-corrected chi connectivity index (χ0v) is 14.0. The van der Waals surface area contributed by atoms with Gasteiger partial charge in [-0.1, -0.05) is 12.1 Å². The molecule has 0 aliphatic carbocycles. The van der Waals surface area contributed by atoms with Gasteiger partial charge in [-0.05, 0) is 54.4 Å². The van der Waals surface area contributed by atoms with Crippen LogP contribution in [0.4, 0.5) is 5.69 Å². The quantitative estimate of drug-likeness (QED) is 0.667. The van der Waals surface area contributed by atoms with Gasteiger partial charge in [-0.15, -0.1) is 0 Å². The lowest BCUT2D eigenvalue weighted by Gasteiger charge is -2.08. The van der Waals surface area contributed by atoms with E-state index in [9.17, 15) is 9.90 Å². The Bertz CT molecular complexity index is 885. The highest BCUT2D eigenvalue weighted by Gasteiger charge is 2.13. The van der Waals surface area contributed by atoms with Gasteiger partial charge in [0.1, 0.15) is 11.4 Å². The fourth-order valence-electron chi connectivity index (χ4n) is 2.44. The highest BCUT2D eigenvalue weighted by Crippen LogP contribution is 2.22. The summed E-state index contributed by atoms with van der Waals surface area (Å²) in [6, 6.07) is 14.6. The normalized spacial score (nSPS) is 10.5. The molecule has 2 aromatic carbocycles. The Morgan fingerprint density at radius 1 is 1.20 bits per heavy atom. The molecule has 1 amide bonds. The summed E-state index contributed by atoms with van der Waals surface area (Å²) in [4.78, 5) is 12.4. The van der Waals surface area contributed by atoms with Crippen molar-refractivity contribution in [1.82, 2.24) is 10.2 Å². The number of nitrogens with zero attached hydrogens (tertiary/aromatic N) is 1. The largest absolute Gasteiger partial charge is 0.497 e. The fraction of sp³-hybridized carbons (Fsp3) is 0.158. The summed E-state index contributed by atoms with van der Waals surface area (Å²) in [5, 5.41) is 19.0. The van der Waals surface area contributed by atoms with E-state index in [1.807, 2.05) is 43.3 Å². The molecule has 0 bridgehead atoms. The van der Waals surface area contributed by atoms with Gasteiger partial charge in [-0.2, -0.15) is 5.10 Å². The Morgan fingerprint density at radius 3 is 2.64 bits per heavy atom. The molecule has 0 spiro atoms. The summed E-state index contributed by atoms with van der Waals surface area (Å²) in [5.41, 5.74) is 4.24. The number of carbonyl (C=O) groups excluding carboxylic acids is 1. The number of amides is 1. The molecule has 3 rings (SSSR count). The zero-order valence-electron chi connectivity index (χ0n) is 14.0. The standard InChI is InChI=1S/C19H19N3O3/c1-12-3-4-13(11-23)9-16(12)20-19(24)18-10-17(21-22-18)14-5-7-15(25-2)8-6-14/h3-10,23H,11H2,1-2H3,(H,20,24)(H,21,22). The number of hydrogen-bond donors (Lipinski definition) is 3. The van der Waals surface area contributed by atoms with E-state index in [1.54, 1.807) is 19.2 Å². The third kappa shape index (κ3) is 3.70. The maximum atomic E-state index is 12.4. The Balaban J connectivity index is 1.78. The SMILES string of the molecule is COc1ccc(-c2cc(C(=O)Nc3cc(CO)ccc3C)[nH]n2)cc1. The molecule has 1 heterocycles. The maximum Gasteiger partial charge on any atom is 0.273 e. The van der Waals surface area contributed by atoms with Gasteiger partial charge >= 0.3 is 0 Å². The lowest BCUT2D eigenvalue weighted by Crippen LogP contribution is -2.13. The number of anilines is 1. The first-order valence-electron chi connectivity index (χ1n) is 7.82. The number of H-pyrrole nitrogens is 1. The van der Waals surface area contributed by atoms with Crippen LogP contribution in [0, 0.1) is 6.92 Å². The van der Waals surface area contributed by atoms with E-state index in [2.05, 4.69) is 15.5 Å². The van der Waals surface area contributed by atoms with Gasteiger partial charge in [0.15, 0.2) is 0 Å². The fourth-order valence-corrected chi connectivity index (χ4v) is 2.44. The number of aryl methyl sites for hydroxylation is 1. The second kappa shape index (κ2) is 7.19. The molecule has 1 aromatic heterocycles. The molecule has 0 atom stereocenters. The minimum Gasteiger partial charge on any atom is -0.497 e. The van der Waals surface area contributed by atoms with Crippen LogP contribution in [0.15, 0.2) is 48.5 Å². The lowest BCUT2D eigenvalue weighted by atomic mass is 10.1. The van der Waals surface area contributed by atoms with Crippen LogP contribution in [-0.4, -0.2) is 28.3 Å². The second-order valence-electron chi connectivity index (χ2n) is 5.66. The summed E-state index contributed by atoms with van der Waals surface area (Å²) in [5.74, 6) is 0.474. The monoisotopic (exact) mass is 337 g/mol. The minimum absolute atomic E-state index is 0.0746. The molecule has 0 unspecified atom stereocenters. The van der Waals surface area contributed by atoms with E-state index in [4.69, 9.17) is 4.74 Å². The third-order valence-electron chi connectivity index (χ3n) is 3.94.